The van der Waals surface area contributed by atoms with Crippen molar-refractivity contribution in [2.24, 2.45) is 0 Å². The molecule has 0 fully saturated rings. The summed E-state index contributed by atoms with van der Waals surface area (Å²) in [5, 5.41) is 6.61. The molecule has 182 valence electrons. The molecule has 0 unspecified atom stereocenters. The number of nitrogens with one attached hydrogen (secondary N) is 2. The van der Waals surface area contributed by atoms with Crippen molar-refractivity contribution in [3.63, 3.8) is 0 Å². The Labute approximate surface area is 208 Å². The van der Waals surface area contributed by atoms with Gasteiger partial charge in [-0.1, -0.05) is 24.3 Å². The monoisotopic (exact) mass is 491 g/mol. The summed E-state index contributed by atoms with van der Waals surface area (Å²) in [5.74, 6) is -0.421. The maximum absolute atomic E-state index is 13.6. The zero-order valence-corrected chi connectivity index (χ0v) is 20.8. The molecule has 5 rings (SSSR count). The number of furan rings is 1. The number of carbonyl (C=O) groups is 2. The van der Waals surface area contributed by atoms with E-state index in [0.29, 0.717) is 41.5 Å². The van der Waals surface area contributed by atoms with Crippen molar-refractivity contribution in [2.45, 2.75) is 39.2 Å². The van der Waals surface area contributed by atoms with Crippen LogP contribution in [-0.4, -0.2) is 36.6 Å². The van der Waals surface area contributed by atoms with Crippen molar-refractivity contribution < 1.29 is 18.7 Å². The Hall–Kier alpha value is -3.36. The summed E-state index contributed by atoms with van der Waals surface area (Å²) < 4.78 is 12.7. The van der Waals surface area contributed by atoms with E-state index in [1.807, 2.05) is 22.8 Å². The lowest BCUT2D eigenvalue weighted by atomic mass is 9.95. The number of thiophene rings is 1. The highest BCUT2D eigenvalue weighted by molar-refractivity contribution is 7.17. The Balaban J connectivity index is 1.48. The van der Waals surface area contributed by atoms with E-state index in [4.69, 9.17) is 9.15 Å². The van der Waals surface area contributed by atoms with Gasteiger partial charge in [-0.25, -0.2) is 0 Å². The Morgan fingerprint density at radius 3 is 2.80 bits per heavy atom. The minimum atomic E-state index is -0.255. The lowest BCUT2D eigenvalue weighted by Gasteiger charge is -2.14. The molecule has 0 spiro atoms. The molecular weight excluding hydrogens is 462 g/mol. The number of aromatic nitrogens is 1. The second kappa shape index (κ2) is 10.1. The second-order valence-corrected chi connectivity index (χ2v) is 9.94. The summed E-state index contributed by atoms with van der Waals surface area (Å²) in [6.45, 7) is 3.47. The fraction of sp³-hybridized carbons (Fsp3) is 0.333. The third-order valence-electron chi connectivity index (χ3n) is 6.56. The summed E-state index contributed by atoms with van der Waals surface area (Å²) in [7, 11) is 1.60. The Bertz CT molecular complexity index is 1380. The first kappa shape index (κ1) is 23.4. The normalized spacial score (nSPS) is 13.1. The number of aryl methyl sites for hydroxylation is 2. The van der Waals surface area contributed by atoms with Crippen molar-refractivity contribution in [3.05, 3.63) is 75.5 Å². The molecule has 0 atom stereocenters. The van der Waals surface area contributed by atoms with Gasteiger partial charge in [0.05, 0.1) is 24.0 Å². The van der Waals surface area contributed by atoms with E-state index in [2.05, 4.69) is 29.7 Å². The fourth-order valence-electron chi connectivity index (χ4n) is 4.71. The molecule has 1 aliphatic carbocycles. The van der Waals surface area contributed by atoms with Crippen LogP contribution >= 0.6 is 11.3 Å². The quantitative estimate of drug-likeness (QED) is 0.334. The summed E-state index contributed by atoms with van der Waals surface area (Å²) >= 11 is 1.52. The number of ether oxygens (including phenoxy) is 1. The van der Waals surface area contributed by atoms with Gasteiger partial charge in [0.15, 0.2) is 5.58 Å². The van der Waals surface area contributed by atoms with E-state index < -0.39 is 0 Å². The number of amides is 2. The van der Waals surface area contributed by atoms with Crippen LogP contribution in [0.4, 0.5) is 5.00 Å². The molecule has 0 saturated heterocycles. The third kappa shape index (κ3) is 4.63. The number of hydrogen-bond acceptors (Lipinski definition) is 5. The van der Waals surface area contributed by atoms with Gasteiger partial charge in [-0.2, -0.15) is 0 Å². The fourth-order valence-corrected chi connectivity index (χ4v) is 5.99. The van der Waals surface area contributed by atoms with Crippen molar-refractivity contribution in [3.8, 4) is 0 Å². The number of carbonyl (C=O) groups excluding carboxylic acids is 2. The first-order valence-corrected chi connectivity index (χ1v) is 12.7. The molecule has 0 saturated carbocycles. The topological polar surface area (TPSA) is 85.5 Å². The molecule has 2 N–H and O–H groups in total. The van der Waals surface area contributed by atoms with E-state index in [9.17, 15) is 9.59 Å². The first-order valence-electron chi connectivity index (χ1n) is 11.9. The molecule has 0 radical (unpaired) electrons. The molecule has 8 heteroatoms. The molecule has 3 aromatic heterocycles. The van der Waals surface area contributed by atoms with Crippen LogP contribution in [-0.2, 0) is 24.1 Å². The van der Waals surface area contributed by atoms with Gasteiger partial charge in [-0.15, -0.1) is 11.3 Å². The number of benzene rings is 1. The summed E-state index contributed by atoms with van der Waals surface area (Å²) in [6, 6.07) is 11.8. The van der Waals surface area contributed by atoms with Gasteiger partial charge in [-0.05, 0) is 49.3 Å². The Morgan fingerprint density at radius 2 is 1.97 bits per heavy atom. The van der Waals surface area contributed by atoms with E-state index in [-0.39, 0.29) is 11.8 Å². The second-order valence-electron chi connectivity index (χ2n) is 8.83. The van der Waals surface area contributed by atoms with Crippen LogP contribution in [0.25, 0.3) is 11.1 Å². The zero-order valence-electron chi connectivity index (χ0n) is 20.0. The van der Waals surface area contributed by atoms with Crippen molar-refractivity contribution in [1.82, 2.24) is 9.88 Å². The lowest BCUT2D eigenvalue weighted by molar-refractivity contribution is 0.0937. The van der Waals surface area contributed by atoms with Crippen LogP contribution in [0, 0.1) is 6.92 Å². The van der Waals surface area contributed by atoms with E-state index >= 15 is 0 Å². The van der Waals surface area contributed by atoms with E-state index in [0.717, 1.165) is 47.9 Å². The van der Waals surface area contributed by atoms with Gasteiger partial charge >= 0.3 is 0 Å². The number of rotatable bonds is 8. The highest BCUT2D eigenvalue weighted by atomic mass is 32.1. The predicted molar refractivity (Wildman–Crippen MR) is 138 cm³/mol. The minimum absolute atomic E-state index is 0.166. The largest absolute Gasteiger partial charge is 0.463 e. The van der Waals surface area contributed by atoms with Gasteiger partial charge < -0.3 is 24.4 Å². The molecule has 1 aromatic carbocycles. The van der Waals surface area contributed by atoms with Crippen molar-refractivity contribution >= 4 is 39.3 Å². The van der Waals surface area contributed by atoms with Crippen LogP contribution in [0.5, 0.6) is 0 Å². The molecule has 0 aliphatic heterocycles. The predicted octanol–water partition coefficient (Wildman–Crippen LogP) is 5.16. The highest BCUT2D eigenvalue weighted by Crippen LogP contribution is 2.38. The minimum Gasteiger partial charge on any atom is -0.463 e. The van der Waals surface area contributed by atoms with Crippen LogP contribution < -0.4 is 10.6 Å². The standard InChI is InChI=1S/C27H29N3O4S/c1-17-7-3-4-8-18(17)16-30-20-11-13-34-22(20)15-21(30)25(31)29-27-24(26(32)28-12-14-33-2)19-9-5-6-10-23(19)35-27/h3-4,7-8,11,13,15H,5-6,9-10,12,14,16H2,1-2H3,(H,28,32)(H,29,31). The van der Waals surface area contributed by atoms with E-state index in [1.165, 1.54) is 16.2 Å². The maximum atomic E-state index is 13.6. The molecule has 7 nitrogen and oxygen atoms in total. The molecular formula is C27H29N3O4S. The molecule has 4 aromatic rings. The lowest BCUT2D eigenvalue weighted by Crippen LogP contribution is -2.29. The Morgan fingerprint density at radius 1 is 1.14 bits per heavy atom. The molecule has 3 heterocycles. The van der Waals surface area contributed by atoms with Gasteiger partial charge in [0.2, 0.25) is 0 Å². The average Bonchev–Trinajstić information content (AvgIpc) is 3.54. The van der Waals surface area contributed by atoms with Gasteiger partial charge in [0.25, 0.3) is 11.8 Å². The van der Waals surface area contributed by atoms with Gasteiger partial charge in [0.1, 0.15) is 10.7 Å². The Kier molecular flexibility index (Phi) is 6.74. The van der Waals surface area contributed by atoms with Crippen LogP contribution in [0.1, 0.15) is 55.3 Å². The summed E-state index contributed by atoms with van der Waals surface area (Å²) in [5.41, 5.74) is 5.97. The highest BCUT2D eigenvalue weighted by Gasteiger charge is 2.27. The molecule has 35 heavy (non-hydrogen) atoms. The van der Waals surface area contributed by atoms with Crippen LogP contribution in [0.2, 0.25) is 0 Å². The number of nitrogens with zero attached hydrogens (tertiary/aromatic N) is 1. The maximum Gasteiger partial charge on any atom is 0.273 e. The van der Waals surface area contributed by atoms with Gasteiger partial charge in [0, 0.05) is 37.2 Å². The zero-order chi connectivity index (χ0) is 24.4. The molecule has 0 bridgehead atoms. The third-order valence-corrected chi connectivity index (χ3v) is 7.77. The molecule has 1 aliphatic rings. The first-order chi connectivity index (χ1) is 17.1. The van der Waals surface area contributed by atoms with Crippen LogP contribution in [0.15, 0.2) is 47.1 Å². The molecule has 2 amide bonds. The van der Waals surface area contributed by atoms with Crippen molar-refractivity contribution in [2.75, 3.05) is 25.6 Å². The number of hydrogen-bond donors (Lipinski definition) is 2. The summed E-state index contributed by atoms with van der Waals surface area (Å²) in [6.07, 6.45) is 5.57. The van der Waals surface area contributed by atoms with Crippen molar-refractivity contribution in [1.29, 1.82) is 0 Å². The smallest absolute Gasteiger partial charge is 0.273 e. The number of anilines is 1. The SMILES string of the molecule is COCCNC(=O)c1c(NC(=O)c2cc3occc3n2Cc2ccccc2C)sc2c1CCCC2. The number of methoxy groups -OCH3 is 1. The average molecular weight is 492 g/mol. The summed E-state index contributed by atoms with van der Waals surface area (Å²) in [4.78, 5) is 27.9. The van der Waals surface area contributed by atoms with E-state index in [1.54, 1.807) is 19.4 Å². The van der Waals surface area contributed by atoms with Crippen LogP contribution in [0.3, 0.4) is 0 Å². The van der Waals surface area contributed by atoms with Gasteiger partial charge in [-0.3, -0.25) is 9.59 Å². The number of fused-ring (bicyclic) bond motifs is 2.